The van der Waals surface area contributed by atoms with Crippen LogP contribution in [0, 0.1) is 0 Å². The summed E-state index contributed by atoms with van der Waals surface area (Å²) in [4.78, 5) is 42.1. The van der Waals surface area contributed by atoms with Crippen LogP contribution in [0.25, 0.3) is 16.6 Å². The third-order valence-corrected chi connectivity index (χ3v) is 9.05. The highest BCUT2D eigenvalue weighted by Gasteiger charge is 2.33. The zero-order valence-electron chi connectivity index (χ0n) is 34.2. The Morgan fingerprint density at radius 2 is 1.66 bits per heavy atom. The van der Waals surface area contributed by atoms with Crippen LogP contribution in [0.4, 0.5) is 34.3 Å². The molecule has 2 aromatic carbocycles. The van der Waals surface area contributed by atoms with E-state index < -0.39 is 35.5 Å². The number of amides is 3. The van der Waals surface area contributed by atoms with Crippen molar-refractivity contribution in [1.82, 2.24) is 34.8 Å². The lowest BCUT2D eigenvalue weighted by molar-refractivity contribution is -0.274. The Morgan fingerprint density at radius 3 is 2.29 bits per heavy atom. The van der Waals surface area contributed by atoms with E-state index >= 15 is 0 Å². The number of nitrogens with zero attached hydrogens (tertiary/aromatic N) is 7. The molecule has 0 saturated carbocycles. The summed E-state index contributed by atoms with van der Waals surface area (Å²) < 4.78 is 63.1. The molecular formula is C39H51ClF3N9O7. The van der Waals surface area contributed by atoms with Gasteiger partial charge in [-0.05, 0) is 97.1 Å². The second-order valence-electron chi connectivity index (χ2n) is 16.0. The number of benzene rings is 2. The summed E-state index contributed by atoms with van der Waals surface area (Å²) in [5.74, 6) is -0.541. The molecule has 2 aromatic heterocycles. The van der Waals surface area contributed by atoms with Crippen molar-refractivity contribution in [1.29, 1.82) is 0 Å². The molecule has 3 heterocycles. The quantitative estimate of drug-likeness (QED) is 0.118. The van der Waals surface area contributed by atoms with E-state index in [1.807, 2.05) is 12.1 Å². The van der Waals surface area contributed by atoms with Crippen LogP contribution in [0.15, 0.2) is 43.0 Å². The Balaban J connectivity index is 1.28. The molecule has 3 amide bonds. The zero-order chi connectivity index (χ0) is 43.1. The van der Waals surface area contributed by atoms with E-state index in [9.17, 15) is 27.6 Å². The van der Waals surface area contributed by atoms with Crippen molar-refractivity contribution in [2.45, 2.75) is 104 Å². The van der Waals surface area contributed by atoms with E-state index in [0.29, 0.717) is 47.5 Å². The summed E-state index contributed by atoms with van der Waals surface area (Å²) in [6.45, 7) is 11.6. The van der Waals surface area contributed by atoms with Gasteiger partial charge in [0.05, 0.1) is 21.6 Å². The first-order valence-corrected chi connectivity index (χ1v) is 19.6. The van der Waals surface area contributed by atoms with Crippen molar-refractivity contribution < 1.29 is 46.5 Å². The average Bonchev–Trinajstić information content (AvgIpc) is 3.82. The van der Waals surface area contributed by atoms with E-state index in [4.69, 9.17) is 30.9 Å². The van der Waals surface area contributed by atoms with Crippen molar-refractivity contribution in [3.05, 3.63) is 53.6 Å². The summed E-state index contributed by atoms with van der Waals surface area (Å²) in [6, 6.07) is 7.51. The van der Waals surface area contributed by atoms with Crippen LogP contribution >= 0.6 is 11.6 Å². The molecule has 1 aliphatic heterocycles. The highest BCUT2D eigenvalue weighted by atomic mass is 35.5. The number of fused-ring (bicyclic) bond motifs is 1. The number of rotatable bonds is 14. The molecule has 0 aliphatic carbocycles. The molecule has 1 saturated heterocycles. The van der Waals surface area contributed by atoms with Gasteiger partial charge in [-0.2, -0.15) is 5.10 Å². The summed E-state index contributed by atoms with van der Waals surface area (Å²) in [5.41, 5.74) is 0.936. The minimum atomic E-state index is -4.93. The number of hydrogen-bond donors (Lipinski definition) is 2. The van der Waals surface area contributed by atoms with Gasteiger partial charge in [0.15, 0.2) is 12.0 Å². The van der Waals surface area contributed by atoms with Gasteiger partial charge in [0.2, 0.25) is 5.91 Å². The average molecular weight is 850 g/mol. The number of nitrogens with one attached hydrogen (secondary N) is 2. The van der Waals surface area contributed by atoms with Crippen molar-refractivity contribution >= 4 is 52.1 Å². The lowest BCUT2D eigenvalue weighted by atomic mass is 10.1. The first-order chi connectivity index (χ1) is 27.7. The third-order valence-electron chi connectivity index (χ3n) is 8.75. The van der Waals surface area contributed by atoms with E-state index in [1.54, 1.807) is 70.5 Å². The van der Waals surface area contributed by atoms with Gasteiger partial charge in [0.25, 0.3) is 0 Å². The predicted octanol–water partition coefficient (Wildman–Crippen LogP) is 7.99. The number of aromatic nitrogens is 5. The smallest absolute Gasteiger partial charge is 0.444 e. The minimum Gasteiger partial charge on any atom is -0.444 e. The predicted molar refractivity (Wildman–Crippen MR) is 214 cm³/mol. The largest absolute Gasteiger partial charge is 0.573 e. The normalized spacial score (nSPS) is 14.8. The van der Waals surface area contributed by atoms with Gasteiger partial charge in [-0.25, -0.2) is 14.3 Å². The maximum absolute atomic E-state index is 13.3. The van der Waals surface area contributed by atoms with Gasteiger partial charge >= 0.3 is 18.5 Å². The Kier molecular flexibility index (Phi) is 14.2. The topological polar surface area (TPSA) is 167 Å². The Labute approximate surface area is 345 Å². The number of hydrogen-bond acceptors (Lipinski definition) is 11. The van der Waals surface area contributed by atoms with E-state index in [-0.39, 0.29) is 43.2 Å². The van der Waals surface area contributed by atoms with Crippen molar-refractivity contribution in [2.24, 2.45) is 0 Å². The fourth-order valence-corrected chi connectivity index (χ4v) is 6.38. The molecule has 1 unspecified atom stereocenters. The molecule has 59 heavy (non-hydrogen) atoms. The van der Waals surface area contributed by atoms with Gasteiger partial charge < -0.3 is 34.5 Å². The molecule has 5 rings (SSSR count). The minimum absolute atomic E-state index is 0.0477. The van der Waals surface area contributed by atoms with Gasteiger partial charge in [0, 0.05) is 51.9 Å². The van der Waals surface area contributed by atoms with Gasteiger partial charge in [-0.15, -0.1) is 23.4 Å². The SMILES string of the molecule is CN(C(=O)OC(C)(C)C)c1nn(C2CCCCO2)c2cc(-n3cnnc3)cc(NCCCNC(=O)CCN(Cc3ccc(OC(F)(F)F)c(Cl)c3)C(=O)OC(C)(C)C)c12. The number of carbonyl (C=O) groups excluding carboxylic acids is 3. The number of alkyl halides is 3. The molecule has 322 valence electrons. The maximum Gasteiger partial charge on any atom is 0.573 e. The fourth-order valence-electron chi connectivity index (χ4n) is 6.14. The highest BCUT2D eigenvalue weighted by Crippen LogP contribution is 2.38. The standard InChI is InChI=1S/C39H51ClF3N9O7/c1-37(2,3)58-35(54)49(7)34-33-28(20-26(51-23-46-47-24-51)21-29(33)52(48-34)32-11-8-9-18-56-32)44-15-10-16-45-31(53)14-17-50(36(55)59-38(4,5)6)22-25-12-13-30(27(40)19-25)57-39(41,42)43/h12-13,19-21,23-24,32,44H,8-11,14-18,22H2,1-7H3,(H,45,53). The lowest BCUT2D eigenvalue weighted by Gasteiger charge is -2.27. The molecule has 0 radical (unpaired) electrons. The molecule has 1 fully saturated rings. The molecule has 1 atom stereocenters. The number of carbonyl (C=O) groups is 3. The maximum atomic E-state index is 13.3. The Morgan fingerprint density at radius 1 is 0.966 bits per heavy atom. The fraction of sp³-hybridized carbons (Fsp3) is 0.538. The third kappa shape index (κ3) is 12.8. The van der Waals surface area contributed by atoms with E-state index in [2.05, 4.69) is 25.6 Å². The van der Waals surface area contributed by atoms with Gasteiger partial charge in [-0.1, -0.05) is 17.7 Å². The van der Waals surface area contributed by atoms with Crippen LogP contribution in [0.5, 0.6) is 5.75 Å². The molecule has 2 N–H and O–H groups in total. The summed E-state index contributed by atoms with van der Waals surface area (Å²) in [5, 5.41) is 19.6. The van der Waals surface area contributed by atoms with E-state index in [1.165, 1.54) is 21.9 Å². The molecule has 4 aromatic rings. The molecule has 0 bridgehead atoms. The summed E-state index contributed by atoms with van der Waals surface area (Å²) >= 11 is 6.04. The molecule has 0 spiro atoms. The van der Waals surface area contributed by atoms with Crippen LogP contribution < -0.4 is 20.3 Å². The lowest BCUT2D eigenvalue weighted by Crippen LogP contribution is -2.39. The molecule has 16 nitrogen and oxygen atoms in total. The van der Waals surface area contributed by atoms with Crippen LogP contribution in [0.1, 0.15) is 85.4 Å². The van der Waals surface area contributed by atoms with Crippen LogP contribution in [-0.4, -0.2) is 98.4 Å². The zero-order valence-corrected chi connectivity index (χ0v) is 34.9. The summed E-state index contributed by atoms with van der Waals surface area (Å²) in [7, 11) is 1.61. The van der Waals surface area contributed by atoms with Crippen LogP contribution in [-0.2, 0) is 25.5 Å². The molecular weight excluding hydrogens is 799 g/mol. The Bertz CT molecular complexity index is 2080. The number of halogens is 4. The van der Waals surface area contributed by atoms with Gasteiger partial charge in [-0.3, -0.25) is 14.3 Å². The summed E-state index contributed by atoms with van der Waals surface area (Å²) in [6.07, 6.45) is -0.372. The van der Waals surface area contributed by atoms with Crippen LogP contribution in [0.3, 0.4) is 0 Å². The highest BCUT2D eigenvalue weighted by molar-refractivity contribution is 6.32. The van der Waals surface area contributed by atoms with E-state index in [0.717, 1.165) is 31.0 Å². The van der Waals surface area contributed by atoms with Crippen molar-refractivity contribution in [3.63, 3.8) is 0 Å². The van der Waals surface area contributed by atoms with Crippen molar-refractivity contribution in [3.8, 4) is 11.4 Å². The number of ether oxygens (including phenoxy) is 4. The van der Waals surface area contributed by atoms with Crippen molar-refractivity contribution in [2.75, 3.05) is 43.5 Å². The molecule has 20 heteroatoms. The van der Waals surface area contributed by atoms with Gasteiger partial charge in [0.1, 0.15) is 29.6 Å². The second-order valence-corrected chi connectivity index (χ2v) is 16.4. The first-order valence-electron chi connectivity index (χ1n) is 19.2. The Hall–Kier alpha value is -5.30. The first kappa shape index (κ1) is 44.8. The van der Waals surface area contributed by atoms with Crippen LogP contribution in [0.2, 0.25) is 5.02 Å². The number of anilines is 2. The molecule has 1 aliphatic rings. The second kappa shape index (κ2) is 18.7. The monoisotopic (exact) mass is 849 g/mol.